The highest BCUT2D eigenvalue weighted by Gasteiger charge is 2.36. The van der Waals surface area contributed by atoms with E-state index in [1.807, 2.05) is 0 Å². The first-order valence-corrected chi connectivity index (χ1v) is 14.5. The van der Waals surface area contributed by atoms with Gasteiger partial charge in [0.2, 0.25) is 0 Å². The van der Waals surface area contributed by atoms with Gasteiger partial charge in [0, 0.05) is 33.4 Å². The van der Waals surface area contributed by atoms with Crippen molar-refractivity contribution in [1.82, 2.24) is 29.5 Å². The maximum Gasteiger partial charge on any atom is 0.418 e. The summed E-state index contributed by atoms with van der Waals surface area (Å²) in [6.07, 6.45) is -2.39. The van der Waals surface area contributed by atoms with E-state index in [-0.39, 0.29) is 41.3 Å². The fourth-order valence-electron chi connectivity index (χ4n) is 4.93. The highest BCUT2D eigenvalue weighted by Crippen LogP contribution is 2.40. The number of aryl methyl sites for hydroxylation is 2. The Morgan fingerprint density at radius 3 is 2.58 bits per heavy atom. The number of nitrogens with zero attached hydrogens (tertiary/aromatic N) is 6. The lowest BCUT2D eigenvalue weighted by molar-refractivity contribution is -0.137. The van der Waals surface area contributed by atoms with Crippen LogP contribution in [0.3, 0.4) is 0 Å². The van der Waals surface area contributed by atoms with E-state index in [1.54, 1.807) is 31.2 Å². The van der Waals surface area contributed by atoms with E-state index in [1.165, 1.54) is 40.5 Å². The molecule has 0 spiro atoms. The molecule has 1 aromatic carbocycles. The second-order valence-corrected chi connectivity index (χ2v) is 11.2. The molecule has 0 bridgehead atoms. The fourth-order valence-corrected chi connectivity index (χ4v) is 6.12. The van der Waals surface area contributed by atoms with Gasteiger partial charge in [0.15, 0.2) is 5.52 Å². The highest BCUT2D eigenvalue weighted by molar-refractivity contribution is 7.18. The smallest absolute Gasteiger partial charge is 0.418 e. The van der Waals surface area contributed by atoms with Crippen molar-refractivity contribution in [2.24, 2.45) is 0 Å². The van der Waals surface area contributed by atoms with Gasteiger partial charge in [-0.15, -0.1) is 11.3 Å². The van der Waals surface area contributed by atoms with Crippen LogP contribution in [0.25, 0.3) is 43.8 Å². The van der Waals surface area contributed by atoms with E-state index in [0.717, 1.165) is 12.4 Å². The van der Waals surface area contributed by atoms with Crippen molar-refractivity contribution in [2.45, 2.75) is 26.6 Å². The third-order valence-electron chi connectivity index (χ3n) is 6.94. The molecular formula is C30H20ClF3N6O4S. The van der Waals surface area contributed by atoms with Crippen LogP contribution in [0.5, 0.6) is 5.75 Å². The maximum atomic E-state index is 13.9. The Morgan fingerprint density at radius 1 is 1.07 bits per heavy atom. The van der Waals surface area contributed by atoms with Crippen LogP contribution in [0.4, 0.5) is 13.2 Å². The van der Waals surface area contributed by atoms with Crippen LogP contribution in [-0.4, -0.2) is 47.2 Å². The van der Waals surface area contributed by atoms with E-state index < -0.39 is 29.0 Å². The molecule has 0 unspecified atom stereocenters. The van der Waals surface area contributed by atoms with Crippen molar-refractivity contribution in [1.29, 1.82) is 0 Å². The van der Waals surface area contributed by atoms with Crippen LogP contribution in [0.15, 0.2) is 59.1 Å². The summed E-state index contributed by atoms with van der Waals surface area (Å²) in [7, 11) is 0. The molecule has 0 fully saturated rings. The zero-order chi connectivity index (χ0) is 32.0. The lowest BCUT2D eigenvalue weighted by atomic mass is 10.0. The molecule has 0 saturated heterocycles. The number of benzene rings is 1. The van der Waals surface area contributed by atoms with Crippen molar-refractivity contribution in [3.8, 4) is 28.3 Å². The number of hydrogen-bond donors (Lipinski definition) is 1. The summed E-state index contributed by atoms with van der Waals surface area (Å²) < 4.78 is 49.9. The average Bonchev–Trinajstić information content (AvgIpc) is 3.42. The molecular weight excluding hydrogens is 633 g/mol. The predicted molar refractivity (Wildman–Crippen MR) is 162 cm³/mol. The standard InChI is InChI=1S/C30H20ClF3N6O4S/c1-14-9-18(27-24(37-14)19(12-45-27)29(42)43)17-10-16(31)3-4-23(17)44-8-7-40-15(2)38-22-11-20(30(32,33)34)25(39-26(22)28(40)41)21-5-6-35-13-36-21/h3-6,9-13H,7-8H2,1-2H3,(H,42,43). The zero-order valence-corrected chi connectivity index (χ0v) is 25.0. The van der Waals surface area contributed by atoms with E-state index in [9.17, 15) is 27.9 Å². The third kappa shape index (κ3) is 5.69. The van der Waals surface area contributed by atoms with Crippen molar-refractivity contribution in [3.63, 3.8) is 0 Å². The Bertz CT molecular complexity index is 2190. The second kappa shape index (κ2) is 11.5. The summed E-state index contributed by atoms with van der Waals surface area (Å²) in [6.45, 7) is 3.22. The molecule has 6 rings (SSSR count). The summed E-state index contributed by atoms with van der Waals surface area (Å²) in [6, 6.07) is 8.87. The van der Waals surface area contributed by atoms with Crippen molar-refractivity contribution < 1.29 is 27.8 Å². The van der Waals surface area contributed by atoms with Crippen LogP contribution in [0.2, 0.25) is 5.02 Å². The number of pyridine rings is 2. The van der Waals surface area contributed by atoms with Gasteiger partial charge >= 0.3 is 12.1 Å². The summed E-state index contributed by atoms with van der Waals surface area (Å²) >= 11 is 7.57. The molecule has 228 valence electrons. The first-order chi connectivity index (χ1) is 21.4. The zero-order valence-electron chi connectivity index (χ0n) is 23.4. The molecule has 10 nitrogen and oxygen atoms in total. The van der Waals surface area contributed by atoms with Gasteiger partial charge in [-0.25, -0.2) is 24.7 Å². The normalized spacial score (nSPS) is 11.8. The minimum absolute atomic E-state index is 0.00579. The summed E-state index contributed by atoms with van der Waals surface area (Å²) in [5.74, 6) is -0.510. The third-order valence-corrected chi connectivity index (χ3v) is 8.18. The van der Waals surface area contributed by atoms with Gasteiger partial charge in [0.05, 0.1) is 39.1 Å². The molecule has 0 saturated carbocycles. The van der Waals surface area contributed by atoms with Crippen LogP contribution in [0, 0.1) is 13.8 Å². The Morgan fingerprint density at radius 2 is 1.87 bits per heavy atom. The number of aromatic nitrogens is 6. The maximum absolute atomic E-state index is 13.9. The quantitative estimate of drug-likeness (QED) is 0.203. The van der Waals surface area contributed by atoms with Crippen LogP contribution in [0.1, 0.15) is 27.4 Å². The van der Waals surface area contributed by atoms with E-state index >= 15 is 0 Å². The molecule has 5 aromatic heterocycles. The molecule has 45 heavy (non-hydrogen) atoms. The molecule has 5 heterocycles. The average molecular weight is 653 g/mol. The van der Waals surface area contributed by atoms with E-state index in [2.05, 4.69) is 24.9 Å². The largest absolute Gasteiger partial charge is 0.491 e. The number of alkyl halides is 3. The number of fused-ring (bicyclic) bond motifs is 2. The van der Waals surface area contributed by atoms with Gasteiger partial charge in [-0.1, -0.05) is 11.6 Å². The van der Waals surface area contributed by atoms with Gasteiger partial charge in [0.1, 0.15) is 30.2 Å². The van der Waals surface area contributed by atoms with Crippen LogP contribution in [-0.2, 0) is 12.7 Å². The second-order valence-electron chi connectivity index (χ2n) is 9.89. The van der Waals surface area contributed by atoms with Crippen molar-refractivity contribution >= 4 is 50.2 Å². The summed E-state index contributed by atoms with van der Waals surface area (Å²) in [4.78, 5) is 45.7. The lowest BCUT2D eigenvalue weighted by Gasteiger charge is -2.16. The molecule has 0 aliphatic heterocycles. The summed E-state index contributed by atoms with van der Waals surface area (Å²) in [5, 5.41) is 11.6. The first-order valence-electron chi connectivity index (χ1n) is 13.2. The number of hydrogen-bond acceptors (Lipinski definition) is 9. The lowest BCUT2D eigenvalue weighted by Crippen LogP contribution is -2.27. The van der Waals surface area contributed by atoms with Gasteiger partial charge < -0.3 is 9.84 Å². The molecule has 0 atom stereocenters. The van der Waals surface area contributed by atoms with E-state index in [4.69, 9.17) is 16.3 Å². The first kappa shape index (κ1) is 30.1. The molecule has 0 radical (unpaired) electrons. The van der Waals surface area contributed by atoms with Crippen LogP contribution >= 0.6 is 22.9 Å². The Hall–Kier alpha value is -4.95. The van der Waals surface area contributed by atoms with Gasteiger partial charge in [-0.05, 0) is 50.2 Å². The molecule has 15 heteroatoms. The molecule has 1 N–H and O–H groups in total. The van der Waals surface area contributed by atoms with E-state index in [0.29, 0.717) is 37.8 Å². The number of halogens is 4. The van der Waals surface area contributed by atoms with Crippen LogP contribution < -0.4 is 10.3 Å². The minimum Gasteiger partial charge on any atom is -0.491 e. The predicted octanol–water partition coefficient (Wildman–Crippen LogP) is 6.59. The topological polar surface area (TPSA) is 133 Å². The van der Waals surface area contributed by atoms with Gasteiger partial charge in [-0.3, -0.25) is 14.3 Å². The number of aromatic carboxylic acids is 1. The highest BCUT2D eigenvalue weighted by atomic mass is 35.5. The number of carboxylic acids is 1. The number of carbonyl (C=O) groups is 1. The number of rotatable bonds is 7. The Kier molecular flexibility index (Phi) is 7.70. The van der Waals surface area contributed by atoms with Crippen molar-refractivity contribution in [2.75, 3.05) is 6.61 Å². The van der Waals surface area contributed by atoms with Gasteiger partial charge in [0.25, 0.3) is 5.56 Å². The molecule has 0 aliphatic rings. The number of carboxylic acid groups (broad SMARTS) is 1. The molecule has 0 aliphatic carbocycles. The molecule has 6 aromatic rings. The Labute approximate surface area is 260 Å². The van der Waals surface area contributed by atoms with Gasteiger partial charge in [-0.2, -0.15) is 13.2 Å². The SMILES string of the molecule is Cc1cc(-c2cc(Cl)ccc2OCCn2c(C)nc3cc(C(F)(F)F)c(-c4ccncn4)nc3c2=O)c2scc(C(=O)O)c2n1. The fraction of sp³-hybridized carbons (Fsp3) is 0.167. The molecule has 0 amide bonds. The van der Waals surface area contributed by atoms with Crippen molar-refractivity contribution in [3.05, 3.63) is 92.3 Å². The monoisotopic (exact) mass is 652 g/mol. The number of thiophene rings is 1. The Balaban J connectivity index is 1.36. The minimum atomic E-state index is -4.77. The summed E-state index contributed by atoms with van der Waals surface area (Å²) in [5.41, 5.74) is -0.476. The number of ether oxygens (including phenoxy) is 1.